The Balaban J connectivity index is 1.69. The molecule has 0 saturated carbocycles. The van der Waals surface area contributed by atoms with E-state index in [4.69, 9.17) is 9.47 Å². The van der Waals surface area contributed by atoms with Gasteiger partial charge in [0.2, 0.25) is 0 Å². The van der Waals surface area contributed by atoms with E-state index in [2.05, 4.69) is 19.2 Å². The Kier molecular flexibility index (Phi) is 7.44. The van der Waals surface area contributed by atoms with Gasteiger partial charge in [-0.25, -0.2) is 4.79 Å². The SMILES string of the molecule is CC[C@@H](C)c1ccccc1NC(=O)[C@@H](C)OC(=O)c1ccccc1Oc1ccccc1. The molecule has 3 rings (SSSR count). The fraction of sp³-hybridized carbons (Fsp3) is 0.231. The third-order valence-electron chi connectivity index (χ3n) is 5.09. The summed E-state index contributed by atoms with van der Waals surface area (Å²) in [6, 6.07) is 23.7. The molecule has 0 fully saturated rings. The van der Waals surface area contributed by atoms with Crippen LogP contribution in [0.5, 0.6) is 11.5 Å². The molecular formula is C26H27NO4. The molecule has 0 aliphatic heterocycles. The second-order valence-corrected chi connectivity index (χ2v) is 7.34. The Hall–Kier alpha value is -3.60. The zero-order chi connectivity index (χ0) is 22.2. The average molecular weight is 418 g/mol. The van der Waals surface area contributed by atoms with Crippen LogP contribution in [0.3, 0.4) is 0 Å². The van der Waals surface area contributed by atoms with Gasteiger partial charge in [-0.2, -0.15) is 0 Å². The summed E-state index contributed by atoms with van der Waals surface area (Å²) in [5, 5.41) is 2.89. The summed E-state index contributed by atoms with van der Waals surface area (Å²) in [6.45, 7) is 5.76. The minimum Gasteiger partial charge on any atom is -0.456 e. The van der Waals surface area contributed by atoms with Crippen molar-refractivity contribution < 1.29 is 19.1 Å². The highest BCUT2D eigenvalue weighted by molar-refractivity contribution is 5.98. The first kappa shape index (κ1) is 22.1. The molecule has 0 heterocycles. The van der Waals surface area contributed by atoms with Crippen molar-refractivity contribution in [2.45, 2.75) is 39.2 Å². The molecule has 0 aromatic heterocycles. The number of ether oxygens (including phenoxy) is 2. The summed E-state index contributed by atoms with van der Waals surface area (Å²) in [5.74, 6) is 0.273. The van der Waals surface area contributed by atoms with Gasteiger partial charge in [0, 0.05) is 5.69 Å². The lowest BCUT2D eigenvalue weighted by Crippen LogP contribution is -2.30. The first-order valence-electron chi connectivity index (χ1n) is 10.4. The first-order valence-corrected chi connectivity index (χ1v) is 10.4. The number of nitrogens with one attached hydrogen (secondary N) is 1. The smallest absolute Gasteiger partial charge is 0.342 e. The fourth-order valence-corrected chi connectivity index (χ4v) is 3.11. The van der Waals surface area contributed by atoms with E-state index < -0.39 is 12.1 Å². The number of hydrogen-bond donors (Lipinski definition) is 1. The van der Waals surface area contributed by atoms with Crippen LogP contribution >= 0.6 is 0 Å². The standard InChI is InChI=1S/C26H27NO4/c1-4-18(2)21-14-8-10-16-23(21)27-25(28)19(3)30-26(29)22-15-9-11-17-24(22)31-20-12-6-5-7-13-20/h5-19H,4H2,1-3H3,(H,27,28)/t18-,19-/m1/s1. The number of carbonyl (C=O) groups excluding carboxylic acids is 2. The molecule has 1 amide bonds. The van der Waals surface area contributed by atoms with Crippen molar-refractivity contribution in [3.05, 3.63) is 90.0 Å². The van der Waals surface area contributed by atoms with Gasteiger partial charge in [-0.05, 0) is 55.2 Å². The predicted molar refractivity (Wildman–Crippen MR) is 122 cm³/mol. The minimum absolute atomic E-state index is 0.256. The van der Waals surface area contributed by atoms with Crippen LogP contribution in [0.1, 0.15) is 49.0 Å². The molecule has 0 unspecified atom stereocenters. The van der Waals surface area contributed by atoms with E-state index in [1.807, 2.05) is 42.5 Å². The second kappa shape index (κ2) is 10.4. The Bertz CT molecular complexity index is 1030. The molecule has 160 valence electrons. The molecule has 1 N–H and O–H groups in total. The highest BCUT2D eigenvalue weighted by Crippen LogP contribution is 2.28. The maximum absolute atomic E-state index is 12.8. The maximum Gasteiger partial charge on any atom is 0.342 e. The Morgan fingerprint density at radius 2 is 1.52 bits per heavy atom. The quantitative estimate of drug-likeness (QED) is 0.445. The van der Waals surface area contributed by atoms with E-state index in [1.165, 1.54) is 0 Å². The number of carbonyl (C=O) groups is 2. The molecule has 0 saturated heterocycles. The zero-order valence-electron chi connectivity index (χ0n) is 18.0. The third kappa shape index (κ3) is 5.72. The fourth-order valence-electron chi connectivity index (χ4n) is 3.11. The first-order chi connectivity index (χ1) is 15.0. The highest BCUT2D eigenvalue weighted by atomic mass is 16.5. The zero-order valence-corrected chi connectivity index (χ0v) is 18.0. The molecule has 3 aromatic rings. The van der Waals surface area contributed by atoms with E-state index in [1.54, 1.807) is 43.3 Å². The topological polar surface area (TPSA) is 64.6 Å². The molecular weight excluding hydrogens is 390 g/mol. The number of para-hydroxylation sites is 3. The van der Waals surface area contributed by atoms with Crippen molar-refractivity contribution in [2.24, 2.45) is 0 Å². The normalized spacial score (nSPS) is 12.5. The van der Waals surface area contributed by atoms with E-state index in [9.17, 15) is 9.59 Å². The van der Waals surface area contributed by atoms with Crippen LogP contribution in [0.15, 0.2) is 78.9 Å². The van der Waals surface area contributed by atoms with Crippen molar-refractivity contribution >= 4 is 17.6 Å². The van der Waals surface area contributed by atoms with Crippen LogP contribution in [0.2, 0.25) is 0 Å². The molecule has 0 radical (unpaired) electrons. The molecule has 3 aromatic carbocycles. The van der Waals surface area contributed by atoms with Gasteiger partial charge in [-0.15, -0.1) is 0 Å². The van der Waals surface area contributed by atoms with Crippen LogP contribution in [-0.2, 0) is 9.53 Å². The maximum atomic E-state index is 12.8. The van der Waals surface area contributed by atoms with Crippen molar-refractivity contribution in [2.75, 3.05) is 5.32 Å². The third-order valence-corrected chi connectivity index (χ3v) is 5.09. The Morgan fingerprint density at radius 3 is 2.26 bits per heavy atom. The van der Waals surface area contributed by atoms with Gasteiger partial charge < -0.3 is 14.8 Å². The van der Waals surface area contributed by atoms with E-state index in [0.717, 1.165) is 17.7 Å². The van der Waals surface area contributed by atoms with Gasteiger partial charge in [0.25, 0.3) is 5.91 Å². The molecule has 0 aliphatic carbocycles. The van der Waals surface area contributed by atoms with Gasteiger partial charge in [-0.1, -0.05) is 62.4 Å². The summed E-state index contributed by atoms with van der Waals surface area (Å²) in [5.41, 5.74) is 2.04. The average Bonchev–Trinajstić information content (AvgIpc) is 2.79. The lowest BCUT2D eigenvalue weighted by molar-refractivity contribution is -0.123. The van der Waals surface area contributed by atoms with Crippen molar-refractivity contribution in [3.8, 4) is 11.5 Å². The highest BCUT2D eigenvalue weighted by Gasteiger charge is 2.22. The second-order valence-electron chi connectivity index (χ2n) is 7.34. The number of anilines is 1. The van der Waals surface area contributed by atoms with Gasteiger partial charge in [0.05, 0.1) is 0 Å². The van der Waals surface area contributed by atoms with Crippen molar-refractivity contribution in [1.82, 2.24) is 0 Å². The molecule has 5 heteroatoms. The molecule has 0 aliphatic rings. The lowest BCUT2D eigenvalue weighted by Gasteiger charge is -2.18. The Morgan fingerprint density at radius 1 is 0.871 bits per heavy atom. The van der Waals surface area contributed by atoms with Gasteiger partial charge in [0.15, 0.2) is 6.10 Å². The Labute approximate surface area is 183 Å². The number of rotatable bonds is 8. The van der Waals surface area contributed by atoms with Crippen LogP contribution < -0.4 is 10.1 Å². The van der Waals surface area contributed by atoms with Crippen LogP contribution in [0.25, 0.3) is 0 Å². The van der Waals surface area contributed by atoms with Crippen molar-refractivity contribution in [1.29, 1.82) is 0 Å². The summed E-state index contributed by atoms with van der Waals surface area (Å²) in [7, 11) is 0. The predicted octanol–water partition coefficient (Wildman–Crippen LogP) is 6.18. The minimum atomic E-state index is -0.970. The largest absolute Gasteiger partial charge is 0.456 e. The molecule has 5 nitrogen and oxygen atoms in total. The summed E-state index contributed by atoms with van der Waals surface area (Å²) >= 11 is 0. The van der Waals surface area contributed by atoms with E-state index in [-0.39, 0.29) is 11.5 Å². The number of amides is 1. The monoisotopic (exact) mass is 417 g/mol. The van der Waals surface area contributed by atoms with Gasteiger partial charge in [-0.3, -0.25) is 4.79 Å². The lowest BCUT2D eigenvalue weighted by atomic mass is 9.97. The number of benzene rings is 3. The van der Waals surface area contributed by atoms with Gasteiger partial charge >= 0.3 is 5.97 Å². The van der Waals surface area contributed by atoms with Crippen LogP contribution in [0.4, 0.5) is 5.69 Å². The molecule has 2 atom stereocenters. The molecule has 0 bridgehead atoms. The molecule has 31 heavy (non-hydrogen) atoms. The van der Waals surface area contributed by atoms with E-state index >= 15 is 0 Å². The van der Waals surface area contributed by atoms with Crippen LogP contribution in [-0.4, -0.2) is 18.0 Å². The summed E-state index contributed by atoms with van der Waals surface area (Å²) in [4.78, 5) is 25.5. The van der Waals surface area contributed by atoms with Gasteiger partial charge in [0.1, 0.15) is 17.1 Å². The number of esters is 1. The van der Waals surface area contributed by atoms with E-state index in [0.29, 0.717) is 17.4 Å². The number of hydrogen-bond acceptors (Lipinski definition) is 4. The summed E-state index contributed by atoms with van der Waals surface area (Å²) < 4.78 is 11.3. The van der Waals surface area contributed by atoms with Crippen molar-refractivity contribution in [3.63, 3.8) is 0 Å². The van der Waals surface area contributed by atoms with Crippen LogP contribution in [0, 0.1) is 0 Å². The molecule has 0 spiro atoms. The summed E-state index contributed by atoms with van der Waals surface area (Å²) in [6.07, 6.45) is -0.0161.